The molecule has 4 nitrogen and oxygen atoms in total. The van der Waals surface area contributed by atoms with Crippen molar-refractivity contribution in [3.8, 4) is 0 Å². The SMILES string of the molecule is CC1SCCSC1c1noc(C2CNC2)n1. The van der Waals surface area contributed by atoms with Gasteiger partial charge in [-0.3, -0.25) is 0 Å². The number of thioether (sulfide) groups is 2. The molecule has 2 saturated heterocycles. The lowest BCUT2D eigenvalue weighted by molar-refractivity contribution is 0.306. The van der Waals surface area contributed by atoms with Gasteiger partial charge in [0.15, 0.2) is 5.82 Å². The number of hydrogen-bond acceptors (Lipinski definition) is 6. The zero-order valence-corrected chi connectivity index (χ0v) is 10.8. The lowest BCUT2D eigenvalue weighted by Crippen LogP contribution is -2.40. The van der Waals surface area contributed by atoms with Crippen molar-refractivity contribution in [2.45, 2.75) is 23.3 Å². The molecule has 16 heavy (non-hydrogen) atoms. The van der Waals surface area contributed by atoms with E-state index < -0.39 is 0 Å². The van der Waals surface area contributed by atoms with Gasteiger partial charge in [0.25, 0.3) is 0 Å². The number of nitrogens with zero attached hydrogens (tertiary/aromatic N) is 2. The van der Waals surface area contributed by atoms with Gasteiger partial charge < -0.3 is 9.84 Å². The van der Waals surface area contributed by atoms with Crippen LogP contribution in [0.15, 0.2) is 4.52 Å². The van der Waals surface area contributed by atoms with Crippen molar-refractivity contribution in [2.75, 3.05) is 24.6 Å². The molecule has 2 aliphatic rings. The monoisotopic (exact) mass is 257 g/mol. The van der Waals surface area contributed by atoms with Crippen LogP contribution in [0.2, 0.25) is 0 Å². The second kappa shape index (κ2) is 4.58. The molecule has 6 heteroatoms. The predicted octanol–water partition coefficient (Wildman–Crippen LogP) is 1.67. The summed E-state index contributed by atoms with van der Waals surface area (Å²) in [6, 6.07) is 0. The van der Waals surface area contributed by atoms with Crippen LogP contribution in [-0.2, 0) is 0 Å². The Labute approximate surface area is 103 Å². The van der Waals surface area contributed by atoms with Crippen LogP contribution in [0.3, 0.4) is 0 Å². The van der Waals surface area contributed by atoms with Crippen LogP contribution >= 0.6 is 23.5 Å². The van der Waals surface area contributed by atoms with Gasteiger partial charge in [0, 0.05) is 29.8 Å². The highest BCUT2D eigenvalue weighted by Crippen LogP contribution is 2.41. The van der Waals surface area contributed by atoms with E-state index in [9.17, 15) is 0 Å². The van der Waals surface area contributed by atoms with Gasteiger partial charge in [-0.05, 0) is 0 Å². The van der Waals surface area contributed by atoms with Crippen molar-refractivity contribution in [1.29, 1.82) is 0 Å². The van der Waals surface area contributed by atoms with Gasteiger partial charge in [-0.15, -0.1) is 11.8 Å². The molecule has 2 aliphatic heterocycles. The normalized spacial score (nSPS) is 31.3. The van der Waals surface area contributed by atoms with Gasteiger partial charge in [-0.1, -0.05) is 12.1 Å². The molecule has 0 radical (unpaired) electrons. The molecular formula is C10H15N3OS2. The Hall–Kier alpha value is -0.200. The maximum atomic E-state index is 5.35. The van der Waals surface area contributed by atoms with Crippen molar-refractivity contribution < 1.29 is 4.52 Å². The molecular weight excluding hydrogens is 242 g/mol. The fourth-order valence-electron chi connectivity index (χ4n) is 1.91. The summed E-state index contributed by atoms with van der Waals surface area (Å²) in [5.74, 6) is 4.58. The summed E-state index contributed by atoms with van der Waals surface area (Å²) in [5.41, 5.74) is 0. The molecule has 3 rings (SSSR count). The Morgan fingerprint density at radius 3 is 2.81 bits per heavy atom. The summed E-state index contributed by atoms with van der Waals surface area (Å²) in [7, 11) is 0. The Balaban J connectivity index is 1.75. The number of hydrogen-bond donors (Lipinski definition) is 1. The van der Waals surface area contributed by atoms with Crippen LogP contribution < -0.4 is 5.32 Å². The third kappa shape index (κ3) is 1.98. The molecule has 1 aromatic heterocycles. The molecule has 88 valence electrons. The molecule has 0 bridgehead atoms. The van der Waals surface area contributed by atoms with Crippen LogP contribution in [-0.4, -0.2) is 40.0 Å². The van der Waals surface area contributed by atoms with Crippen molar-refractivity contribution in [3.63, 3.8) is 0 Å². The third-order valence-electron chi connectivity index (χ3n) is 3.03. The number of nitrogens with one attached hydrogen (secondary N) is 1. The molecule has 0 saturated carbocycles. The van der Waals surface area contributed by atoms with Gasteiger partial charge in [0.05, 0.1) is 11.2 Å². The van der Waals surface area contributed by atoms with Gasteiger partial charge in [-0.25, -0.2) is 0 Å². The summed E-state index contributed by atoms with van der Waals surface area (Å²) in [6.07, 6.45) is 0. The van der Waals surface area contributed by atoms with E-state index in [2.05, 4.69) is 22.4 Å². The van der Waals surface area contributed by atoms with E-state index in [4.69, 9.17) is 4.52 Å². The zero-order valence-electron chi connectivity index (χ0n) is 9.18. The quantitative estimate of drug-likeness (QED) is 0.869. The lowest BCUT2D eigenvalue weighted by atomic mass is 10.0. The first-order valence-corrected chi connectivity index (χ1v) is 7.72. The van der Waals surface area contributed by atoms with Crippen molar-refractivity contribution in [3.05, 3.63) is 11.7 Å². The molecule has 0 amide bonds. The topological polar surface area (TPSA) is 51.0 Å². The van der Waals surface area contributed by atoms with Gasteiger partial charge in [-0.2, -0.15) is 16.7 Å². The first-order valence-electron chi connectivity index (χ1n) is 5.62. The molecule has 0 spiro atoms. The second-order valence-electron chi connectivity index (χ2n) is 4.21. The average Bonchev–Trinajstić information content (AvgIpc) is 2.65. The number of rotatable bonds is 2. The smallest absolute Gasteiger partial charge is 0.232 e. The van der Waals surface area contributed by atoms with E-state index in [1.165, 1.54) is 11.5 Å². The molecule has 2 fully saturated rings. The molecule has 0 aromatic carbocycles. The Bertz CT molecular complexity index is 367. The summed E-state index contributed by atoms with van der Waals surface area (Å²) >= 11 is 3.96. The highest BCUT2D eigenvalue weighted by atomic mass is 32.2. The van der Waals surface area contributed by atoms with Crippen molar-refractivity contribution in [2.24, 2.45) is 0 Å². The lowest BCUT2D eigenvalue weighted by Gasteiger charge is -2.25. The fraction of sp³-hybridized carbons (Fsp3) is 0.800. The molecule has 1 aromatic rings. The summed E-state index contributed by atoms with van der Waals surface area (Å²) in [4.78, 5) is 4.55. The minimum atomic E-state index is 0.407. The van der Waals surface area contributed by atoms with Crippen LogP contribution in [0.5, 0.6) is 0 Å². The maximum Gasteiger partial charge on any atom is 0.232 e. The van der Waals surface area contributed by atoms with Crippen LogP contribution in [0.4, 0.5) is 0 Å². The van der Waals surface area contributed by atoms with E-state index in [1.807, 2.05) is 23.5 Å². The van der Waals surface area contributed by atoms with E-state index in [0.717, 1.165) is 24.8 Å². The van der Waals surface area contributed by atoms with Crippen LogP contribution in [0, 0.1) is 0 Å². The van der Waals surface area contributed by atoms with E-state index in [1.54, 1.807) is 0 Å². The average molecular weight is 257 g/mol. The summed E-state index contributed by atoms with van der Waals surface area (Å²) < 4.78 is 5.35. The Morgan fingerprint density at radius 1 is 1.31 bits per heavy atom. The highest BCUT2D eigenvalue weighted by molar-refractivity contribution is 8.06. The Morgan fingerprint density at radius 2 is 2.12 bits per heavy atom. The first-order chi connectivity index (χ1) is 7.84. The summed E-state index contributed by atoms with van der Waals surface area (Å²) in [6.45, 7) is 4.20. The molecule has 2 atom stereocenters. The van der Waals surface area contributed by atoms with Gasteiger partial charge in [0.1, 0.15) is 0 Å². The third-order valence-corrected chi connectivity index (χ3v) is 6.12. The van der Waals surface area contributed by atoms with E-state index in [-0.39, 0.29) is 0 Å². The van der Waals surface area contributed by atoms with Crippen LogP contribution in [0.1, 0.15) is 29.8 Å². The standard InChI is InChI=1S/C10H15N3OS2/c1-6-8(16-3-2-15-6)9-12-10(14-13-9)7-4-11-5-7/h6-8,11H,2-5H2,1H3. The molecule has 0 aliphatic carbocycles. The maximum absolute atomic E-state index is 5.35. The van der Waals surface area contributed by atoms with Crippen molar-refractivity contribution in [1.82, 2.24) is 15.5 Å². The minimum absolute atomic E-state index is 0.407. The summed E-state index contributed by atoms with van der Waals surface area (Å²) in [5, 5.41) is 8.36. The Kier molecular flexibility index (Phi) is 3.13. The van der Waals surface area contributed by atoms with Crippen molar-refractivity contribution >= 4 is 23.5 Å². The predicted molar refractivity (Wildman–Crippen MR) is 67.0 cm³/mol. The molecule has 2 unspecified atom stereocenters. The fourth-order valence-corrected chi connectivity index (χ4v) is 4.59. The van der Waals surface area contributed by atoms with Crippen LogP contribution in [0.25, 0.3) is 0 Å². The molecule has 3 heterocycles. The second-order valence-corrected chi connectivity index (χ2v) is 6.95. The van der Waals surface area contributed by atoms with E-state index in [0.29, 0.717) is 16.4 Å². The number of aromatic nitrogens is 2. The molecule has 1 N–H and O–H groups in total. The minimum Gasteiger partial charge on any atom is -0.339 e. The first kappa shape index (κ1) is 10.9. The van der Waals surface area contributed by atoms with Gasteiger partial charge >= 0.3 is 0 Å². The van der Waals surface area contributed by atoms with Gasteiger partial charge in [0.2, 0.25) is 5.89 Å². The highest BCUT2D eigenvalue weighted by Gasteiger charge is 2.31. The van der Waals surface area contributed by atoms with E-state index >= 15 is 0 Å². The largest absolute Gasteiger partial charge is 0.339 e. The zero-order chi connectivity index (χ0) is 11.0.